The monoisotopic (exact) mass is 330 g/mol. The molecule has 0 aliphatic rings. The minimum Gasteiger partial charge on any atom is -0.480 e. The van der Waals surface area contributed by atoms with Gasteiger partial charge in [0.15, 0.2) is 0 Å². The molecule has 0 unspecified atom stereocenters. The molecule has 0 saturated heterocycles. The fourth-order valence-corrected chi connectivity index (χ4v) is 2.43. The number of hydrogen-bond acceptors (Lipinski definition) is 3. The number of aliphatic hydroxyl groups excluding tert-OH is 1. The standard InChI is InChI=1S/C18H22N2O4/c1-13(17(22)23)19-18(24)20(10-11-21)9-8-14-6-7-15-4-2-3-5-16(15)12-14/h2-7,12-13,21H,8-11H2,1H3,(H,19,24)(H,22,23)/t13-/m0/s1. The Labute approximate surface area is 140 Å². The van der Waals surface area contributed by atoms with Crippen LogP contribution in [0.15, 0.2) is 42.5 Å². The molecule has 1 atom stereocenters. The molecule has 2 rings (SSSR count). The van der Waals surface area contributed by atoms with E-state index in [1.807, 2.05) is 36.4 Å². The fraction of sp³-hybridized carbons (Fsp3) is 0.333. The van der Waals surface area contributed by atoms with Crippen molar-refractivity contribution in [2.75, 3.05) is 19.7 Å². The number of amides is 2. The summed E-state index contributed by atoms with van der Waals surface area (Å²) in [5.41, 5.74) is 1.08. The molecule has 2 aromatic carbocycles. The van der Waals surface area contributed by atoms with Gasteiger partial charge in [-0.3, -0.25) is 4.79 Å². The number of fused-ring (bicyclic) bond motifs is 1. The van der Waals surface area contributed by atoms with E-state index in [1.54, 1.807) is 0 Å². The number of carbonyl (C=O) groups excluding carboxylic acids is 1. The maximum absolute atomic E-state index is 12.1. The fourth-order valence-electron chi connectivity index (χ4n) is 2.43. The van der Waals surface area contributed by atoms with Gasteiger partial charge in [-0.15, -0.1) is 0 Å². The lowest BCUT2D eigenvalue weighted by atomic mass is 10.1. The Morgan fingerprint density at radius 1 is 1.12 bits per heavy atom. The van der Waals surface area contributed by atoms with Gasteiger partial charge in [0.05, 0.1) is 6.61 Å². The summed E-state index contributed by atoms with van der Waals surface area (Å²) in [7, 11) is 0. The van der Waals surface area contributed by atoms with Gasteiger partial charge < -0.3 is 20.4 Å². The zero-order valence-corrected chi connectivity index (χ0v) is 13.6. The van der Waals surface area contributed by atoms with Gasteiger partial charge in [-0.2, -0.15) is 0 Å². The van der Waals surface area contributed by atoms with Crippen LogP contribution in [-0.4, -0.2) is 52.9 Å². The zero-order valence-electron chi connectivity index (χ0n) is 13.6. The number of carbonyl (C=O) groups is 2. The molecule has 0 bridgehead atoms. The lowest BCUT2D eigenvalue weighted by molar-refractivity contribution is -0.138. The van der Waals surface area contributed by atoms with Crippen molar-refractivity contribution in [3.05, 3.63) is 48.0 Å². The van der Waals surface area contributed by atoms with Crippen molar-refractivity contribution in [3.63, 3.8) is 0 Å². The molecular weight excluding hydrogens is 308 g/mol. The van der Waals surface area contributed by atoms with Gasteiger partial charge >= 0.3 is 12.0 Å². The minimum atomic E-state index is -1.10. The van der Waals surface area contributed by atoms with Crippen LogP contribution in [0.2, 0.25) is 0 Å². The summed E-state index contributed by atoms with van der Waals surface area (Å²) in [6.07, 6.45) is 0.625. The van der Waals surface area contributed by atoms with E-state index >= 15 is 0 Å². The van der Waals surface area contributed by atoms with E-state index in [4.69, 9.17) is 10.2 Å². The lowest BCUT2D eigenvalue weighted by Gasteiger charge is -2.23. The quantitative estimate of drug-likeness (QED) is 0.723. The average Bonchev–Trinajstić information content (AvgIpc) is 2.58. The molecular formula is C18H22N2O4. The summed E-state index contributed by atoms with van der Waals surface area (Å²) in [6.45, 7) is 1.79. The second-order valence-electron chi connectivity index (χ2n) is 5.65. The van der Waals surface area contributed by atoms with Crippen molar-refractivity contribution < 1.29 is 19.8 Å². The first-order valence-corrected chi connectivity index (χ1v) is 7.88. The van der Waals surface area contributed by atoms with E-state index in [1.165, 1.54) is 11.8 Å². The molecule has 0 aliphatic carbocycles. The highest BCUT2D eigenvalue weighted by Crippen LogP contribution is 2.16. The first-order chi connectivity index (χ1) is 11.5. The highest BCUT2D eigenvalue weighted by molar-refractivity contribution is 5.83. The highest BCUT2D eigenvalue weighted by atomic mass is 16.4. The molecule has 128 valence electrons. The first-order valence-electron chi connectivity index (χ1n) is 7.88. The van der Waals surface area contributed by atoms with E-state index in [9.17, 15) is 9.59 Å². The molecule has 0 fully saturated rings. The van der Waals surface area contributed by atoms with Crippen LogP contribution < -0.4 is 5.32 Å². The van der Waals surface area contributed by atoms with Crippen molar-refractivity contribution in [1.82, 2.24) is 10.2 Å². The normalized spacial score (nSPS) is 11.9. The number of urea groups is 1. The Kier molecular flexibility index (Phi) is 6.14. The summed E-state index contributed by atoms with van der Waals surface area (Å²) in [4.78, 5) is 24.4. The Bertz CT molecular complexity index is 717. The third-order valence-electron chi connectivity index (χ3n) is 3.85. The molecule has 0 heterocycles. The number of nitrogens with one attached hydrogen (secondary N) is 1. The van der Waals surface area contributed by atoms with Crippen molar-refractivity contribution in [2.24, 2.45) is 0 Å². The summed E-state index contributed by atoms with van der Waals surface area (Å²) in [6, 6.07) is 12.7. The van der Waals surface area contributed by atoms with Crippen LogP contribution in [-0.2, 0) is 11.2 Å². The van der Waals surface area contributed by atoms with Gasteiger partial charge in [0.2, 0.25) is 0 Å². The molecule has 2 aromatic rings. The first kappa shape index (κ1) is 17.7. The summed E-state index contributed by atoms with van der Waals surface area (Å²) < 4.78 is 0. The third kappa shape index (κ3) is 4.70. The number of benzene rings is 2. The molecule has 0 radical (unpaired) electrons. The zero-order chi connectivity index (χ0) is 17.5. The van der Waals surface area contributed by atoms with Crippen LogP contribution in [0.3, 0.4) is 0 Å². The number of nitrogens with zero attached hydrogens (tertiary/aromatic N) is 1. The predicted molar refractivity (Wildman–Crippen MR) is 91.9 cm³/mol. The SMILES string of the molecule is C[C@H](NC(=O)N(CCO)CCc1ccc2ccccc2c1)C(=O)O. The lowest BCUT2D eigenvalue weighted by Crippen LogP contribution is -2.48. The number of rotatable bonds is 7. The molecule has 6 heteroatoms. The number of aliphatic hydroxyl groups is 1. The number of aliphatic carboxylic acids is 1. The van der Waals surface area contributed by atoms with E-state index in [-0.39, 0.29) is 13.2 Å². The second-order valence-corrected chi connectivity index (χ2v) is 5.65. The number of hydrogen-bond donors (Lipinski definition) is 3. The van der Waals surface area contributed by atoms with Crippen LogP contribution in [0, 0.1) is 0 Å². The number of carboxylic acids is 1. The minimum absolute atomic E-state index is 0.158. The predicted octanol–water partition coefficient (Wildman–Crippen LogP) is 1.86. The van der Waals surface area contributed by atoms with Gasteiger partial charge in [-0.05, 0) is 29.7 Å². The third-order valence-corrected chi connectivity index (χ3v) is 3.85. The van der Waals surface area contributed by atoms with Crippen molar-refractivity contribution in [3.8, 4) is 0 Å². The summed E-state index contributed by atoms with van der Waals surface area (Å²) in [5.74, 6) is -1.10. The molecule has 0 aromatic heterocycles. The smallest absolute Gasteiger partial charge is 0.325 e. The van der Waals surface area contributed by atoms with Gasteiger partial charge in [0.1, 0.15) is 6.04 Å². The maximum atomic E-state index is 12.1. The second kappa shape index (κ2) is 8.31. The highest BCUT2D eigenvalue weighted by Gasteiger charge is 2.18. The van der Waals surface area contributed by atoms with Crippen LogP contribution in [0.25, 0.3) is 10.8 Å². The van der Waals surface area contributed by atoms with E-state index in [0.29, 0.717) is 13.0 Å². The summed E-state index contributed by atoms with van der Waals surface area (Å²) >= 11 is 0. The Morgan fingerprint density at radius 3 is 2.50 bits per heavy atom. The van der Waals surface area contributed by atoms with Crippen molar-refractivity contribution in [1.29, 1.82) is 0 Å². The van der Waals surface area contributed by atoms with E-state index in [0.717, 1.165) is 16.3 Å². The molecule has 24 heavy (non-hydrogen) atoms. The van der Waals surface area contributed by atoms with Gasteiger partial charge in [0.25, 0.3) is 0 Å². The molecule has 0 spiro atoms. The van der Waals surface area contributed by atoms with E-state index in [2.05, 4.69) is 11.4 Å². The van der Waals surface area contributed by atoms with Crippen LogP contribution in [0.4, 0.5) is 4.79 Å². The summed E-state index contributed by atoms with van der Waals surface area (Å²) in [5, 5.41) is 22.7. The topological polar surface area (TPSA) is 89.9 Å². The molecule has 0 aliphatic heterocycles. The Hall–Kier alpha value is -2.60. The molecule has 2 amide bonds. The number of carboxylic acid groups (broad SMARTS) is 1. The van der Waals surface area contributed by atoms with Crippen molar-refractivity contribution in [2.45, 2.75) is 19.4 Å². The maximum Gasteiger partial charge on any atom is 0.325 e. The van der Waals surface area contributed by atoms with E-state index < -0.39 is 18.0 Å². The van der Waals surface area contributed by atoms with Crippen LogP contribution >= 0.6 is 0 Å². The van der Waals surface area contributed by atoms with Gasteiger partial charge in [0, 0.05) is 13.1 Å². The van der Waals surface area contributed by atoms with Crippen LogP contribution in [0.5, 0.6) is 0 Å². The molecule has 0 saturated carbocycles. The van der Waals surface area contributed by atoms with Gasteiger partial charge in [-0.1, -0.05) is 42.5 Å². The molecule has 6 nitrogen and oxygen atoms in total. The Balaban J connectivity index is 2.01. The van der Waals surface area contributed by atoms with Crippen molar-refractivity contribution >= 4 is 22.8 Å². The van der Waals surface area contributed by atoms with Crippen LogP contribution in [0.1, 0.15) is 12.5 Å². The average molecular weight is 330 g/mol. The van der Waals surface area contributed by atoms with Gasteiger partial charge in [-0.25, -0.2) is 4.79 Å². The molecule has 3 N–H and O–H groups in total. The Morgan fingerprint density at radius 2 is 1.83 bits per heavy atom. The largest absolute Gasteiger partial charge is 0.480 e.